The average Bonchev–Trinajstić information content (AvgIpc) is 3.11. The molecule has 1 heterocycles. The number of aliphatic hydroxyl groups excluding tert-OH is 1. The highest BCUT2D eigenvalue weighted by atomic mass is 16.5. The molecule has 4 rings (SSSR count). The third kappa shape index (κ3) is 4.44. The molecular formula is C27H32N2O5. The van der Waals surface area contributed by atoms with Crippen molar-refractivity contribution in [3.05, 3.63) is 54.6 Å². The van der Waals surface area contributed by atoms with Crippen LogP contribution in [0, 0.1) is 23.7 Å². The quantitative estimate of drug-likeness (QED) is 0.461. The van der Waals surface area contributed by atoms with E-state index in [1.165, 1.54) is 4.90 Å². The first kappa shape index (κ1) is 24.0. The molecule has 1 saturated heterocycles. The number of β-amino-alcohol motifs (C(OH)–C–C–N with tert-alkyl or cyclic N) is 1. The minimum atomic E-state index is -0.813. The second-order valence-corrected chi connectivity index (χ2v) is 8.97. The lowest BCUT2D eigenvalue weighted by molar-refractivity contribution is -0.155. The van der Waals surface area contributed by atoms with Gasteiger partial charge in [0.05, 0.1) is 25.0 Å². The minimum absolute atomic E-state index is 0.0312. The Kier molecular flexibility index (Phi) is 7.32. The summed E-state index contributed by atoms with van der Waals surface area (Å²) in [5.41, 5.74) is 0.633. The van der Waals surface area contributed by atoms with E-state index in [0.29, 0.717) is 5.69 Å². The third-order valence-electron chi connectivity index (χ3n) is 6.92. The van der Waals surface area contributed by atoms with Crippen LogP contribution < -0.4 is 5.32 Å². The first-order chi connectivity index (χ1) is 16.5. The lowest BCUT2D eigenvalue weighted by atomic mass is 9.69. The number of ether oxygens (including phenoxy) is 1. The van der Waals surface area contributed by atoms with Crippen molar-refractivity contribution in [3.8, 4) is 0 Å². The highest BCUT2D eigenvalue weighted by Crippen LogP contribution is 2.45. The molecule has 0 aromatic heterocycles. The number of allylic oxidation sites excluding steroid dienone is 1. The van der Waals surface area contributed by atoms with Gasteiger partial charge in [0, 0.05) is 18.2 Å². The maximum absolute atomic E-state index is 13.5. The molecule has 1 aliphatic heterocycles. The number of hydrogen-bond donors (Lipinski definition) is 2. The van der Waals surface area contributed by atoms with Crippen molar-refractivity contribution in [2.24, 2.45) is 23.7 Å². The number of carbonyl (C=O) groups is 3. The van der Waals surface area contributed by atoms with Gasteiger partial charge in [-0.1, -0.05) is 55.8 Å². The van der Waals surface area contributed by atoms with Gasteiger partial charge in [-0.05, 0) is 42.2 Å². The summed E-state index contributed by atoms with van der Waals surface area (Å²) in [7, 11) is 0. The molecule has 0 unspecified atom stereocenters. The van der Waals surface area contributed by atoms with Crippen molar-refractivity contribution in [1.82, 2.24) is 4.90 Å². The summed E-state index contributed by atoms with van der Waals surface area (Å²) in [4.78, 5) is 41.4. The zero-order chi connectivity index (χ0) is 24.2. The first-order valence-corrected chi connectivity index (χ1v) is 12.1. The summed E-state index contributed by atoms with van der Waals surface area (Å²) >= 11 is 0. The van der Waals surface area contributed by atoms with Crippen LogP contribution in [-0.4, -0.2) is 53.6 Å². The number of nitrogens with one attached hydrogen (secondary N) is 1. The number of hydrogen-bond acceptors (Lipinski definition) is 5. The van der Waals surface area contributed by atoms with E-state index >= 15 is 0 Å². The molecule has 34 heavy (non-hydrogen) atoms. The Balaban J connectivity index is 1.66. The van der Waals surface area contributed by atoms with Crippen LogP contribution in [0.25, 0.3) is 10.8 Å². The second kappa shape index (κ2) is 10.4. The van der Waals surface area contributed by atoms with Gasteiger partial charge in [0.1, 0.15) is 6.04 Å². The lowest BCUT2D eigenvalue weighted by Crippen LogP contribution is -2.45. The molecule has 0 spiro atoms. The lowest BCUT2D eigenvalue weighted by Gasteiger charge is -2.33. The van der Waals surface area contributed by atoms with Gasteiger partial charge in [0.25, 0.3) is 0 Å². The number of amides is 2. The Bertz CT molecular complexity index is 1100. The maximum Gasteiger partial charge on any atom is 0.310 e. The van der Waals surface area contributed by atoms with Crippen LogP contribution in [0.3, 0.4) is 0 Å². The molecule has 180 valence electrons. The number of fused-ring (bicyclic) bond motifs is 2. The second-order valence-electron chi connectivity index (χ2n) is 8.97. The van der Waals surface area contributed by atoms with E-state index in [1.807, 2.05) is 61.5 Å². The van der Waals surface area contributed by atoms with E-state index in [9.17, 15) is 19.5 Å². The number of esters is 1. The molecule has 2 aromatic carbocycles. The summed E-state index contributed by atoms with van der Waals surface area (Å²) < 4.78 is 5.35. The van der Waals surface area contributed by atoms with Crippen molar-refractivity contribution in [2.75, 3.05) is 25.1 Å². The maximum atomic E-state index is 13.5. The van der Waals surface area contributed by atoms with E-state index in [4.69, 9.17) is 4.74 Å². The highest BCUT2D eigenvalue weighted by Gasteiger charge is 2.57. The number of benzene rings is 2. The number of likely N-dealkylation sites (tertiary alicyclic amines) is 1. The van der Waals surface area contributed by atoms with Gasteiger partial charge >= 0.3 is 5.97 Å². The minimum Gasteiger partial charge on any atom is -0.466 e. The fourth-order valence-electron chi connectivity index (χ4n) is 5.50. The Morgan fingerprint density at radius 3 is 2.56 bits per heavy atom. The van der Waals surface area contributed by atoms with Gasteiger partial charge in [-0.3, -0.25) is 14.4 Å². The van der Waals surface area contributed by atoms with Crippen molar-refractivity contribution >= 4 is 34.2 Å². The molecule has 0 saturated carbocycles. The van der Waals surface area contributed by atoms with Crippen LogP contribution >= 0.6 is 0 Å². The topological polar surface area (TPSA) is 95.9 Å². The average molecular weight is 465 g/mol. The van der Waals surface area contributed by atoms with Crippen LogP contribution in [0.4, 0.5) is 5.69 Å². The SMILES string of the molecule is CCC[C@@H]1C=C[C@H]2[C@@H](C(=O)N(CCO)[C@@H]2C(=O)Nc2ccc3ccccc3c2)[C@@H]1C(=O)OCC. The number of nitrogens with zero attached hydrogens (tertiary/aromatic N) is 1. The highest BCUT2D eigenvalue weighted by molar-refractivity contribution is 6.02. The predicted octanol–water partition coefficient (Wildman–Crippen LogP) is 3.38. The molecule has 5 atom stereocenters. The third-order valence-corrected chi connectivity index (χ3v) is 6.92. The van der Waals surface area contributed by atoms with Crippen LogP contribution in [0.2, 0.25) is 0 Å². The normalized spacial score (nSPS) is 25.9. The molecule has 1 aliphatic carbocycles. The molecule has 1 fully saturated rings. The fraction of sp³-hybridized carbons (Fsp3) is 0.444. The Morgan fingerprint density at radius 2 is 1.85 bits per heavy atom. The van der Waals surface area contributed by atoms with Crippen LogP contribution in [-0.2, 0) is 19.1 Å². The Hall–Kier alpha value is -3.19. The van der Waals surface area contributed by atoms with Gasteiger partial charge < -0.3 is 20.1 Å². The molecule has 7 nitrogen and oxygen atoms in total. The summed E-state index contributed by atoms with van der Waals surface area (Å²) in [5, 5.41) is 14.7. The Labute approximate surface area is 199 Å². The smallest absolute Gasteiger partial charge is 0.310 e. The summed E-state index contributed by atoms with van der Waals surface area (Å²) in [6.07, 6.45) is 5.51. The van der Waals surface area contributed by atoms with Crippen LogP contribution in [0.5, 0.6) is 0 Å². The molecule has 2 aliphatic rings. The van der Waals surface area contributed by atoms with Gasteiger partial charge in [-0.25, -0.2) is 0 Å². The van der Waals surface area contributed by atoms with Gasteiger partial charge in [-0.15, -0.1) is 0 Å². The molecule has 2 amide bonds. The molecular weight excluding hydrogens is 432 g/mol. The van der Waals surface area contributed by atoms with Gasteiger partial charge in [0.2, 0.25) is 11.8 Å². The van der Waals surface area contributed by atoms with Crippen molar-refractivity contribution in [1.29, 1.82) is 0 Å². The fourth-order valence-corrected chi connectivity index (χ4v) is 5.50. The van der Waals surface area contributed by atoms with E-state index in [1.54, 1.807) is 6.92 Å². The standard InChI is InChI=1S/C27H32N2O5/c1-3-7-18-11-13-21-23(22(18)27(33)34-4-2)26(32)29(14-15-30)24(21)25(31)28-20-12-10-17-8-5-6-9-19(17)16-20/h5-6,8-13,16,18,21-24,30H,3-4,7,14-15H2,1-2H3,(H,28,31)/t18-,21+,22-,23-,24+/m1/s1. The number of carbonyl (C=O) groups excluding carboxylic acids is 3. The summed E-state index contributed by atoms with van der Waals surface area (Å²) in [6.45, 7) is 3.78. The van der Waals surface area contributed by atoms with Crippen molar-refractivity contribution in [3.63, 3.8) is 0 Å². The molecule has 7 heteroatoms. The van der Waals surface area contributed by atoms with Crippen LogP contribution in [0.1, 0.15) is 26.7 Å². The largest absolute Gasteiger partial charge is 0.466 e. The summed E-state index contributed by atoms with van der Waals surface area (Å²) in [5.74, 6) is -2.91. The van der Waals surface area contributed by atoms with E-state index in [-0.39, 0.29) is 37.5 Å². The Morgan fingerprint density at radius 1 is 1.09 bits per heavy atom. The number of aliphatic hydroxyl groups is 1. The monoisotopic (exact) mass is 464 g/mol. The van der Waals surface area contributed by atoms with Crippen molar-refractivity contribution < 1.29 is 24.2 Å². The number of rotatable bonds is 8. The van der Waals surface area contributed by atoms with E-state index < -0.39 is 29.8 Å². The van der Waals surface area contributed by atoms with Crippen LogP contribution in [0.15, 0.2) is 54.6 Å². The molecule has 2 aromatic rings. The van der Waals surface area contributed by atoms with Gasteiger partial charge in [-0.2, -0.15) is 0 Å². The van der Waals surface area contributed by atoms with E-state index in [2.05, 4.69) is 5.32 Å². The zero-order valence-corrected chi connectivity index (χ0v) is 19.6. The first-order valence-electron chi connectivity index (χ1n) is 12.1. The number of anilines is 1. The van der Waals surface area contributed by atoms with Gasteiger partial charge in [0.15, 0.2) is 0 Å². The van der Waals surface area contributed by atoms with Crippen molar-refractivity contribution in [2.45, 2.75) is 32.7 Å². The molecule has 0 bridgehead atoms. The summed E-state index contributed by atoms with van der Waals surface area (Å²) in [6, 6.07) is 12.7. The van der Waals surface area contributed by atoms with E-state index in [0.717, 1.165) is 23.6 Å². The predicted molar refractivity (Wildman–Crippen MR) is 130 cm³/mol. The molecule has 0 radical (unpaired) electrons. The zero-order valence-electron chi connectivity index (χ0n) is 19.6. The molecule has 2 N–H and O–H groups in total.